The molecule has 0 radical (unpaired) electrons. The fourth-order valence-electron chi connectivity index (χ4n) is 1.91. The molecular weight excluding hydrogens is 266 g/mol. The number of nitrogens with one attached hydrogen (secondary N) is 1. The van der Waals surface area contributed by atoms with E-state index in [2.05, 4.69) is 12.2 Å². The lowest BCUT2D eigenvalue weighted by atomic mass is 10.2. The first-order valence-electron chi connectivity index (χ1n) is 7.52. The van der Waals surface area contributed by atoms with Crippen LogP contribution in [-0.2, 0) is 16.1 Å². The Hall–Kier alpha value is -1.55. The van der Waals surface area contributed by atoms with Crippen molar-refractivity contribution >= 4 is 6.09 Å². The fourth-order valence-corrected chi connectivity index (χ4v) is 1.91. The van der Waals surface area contributed by atoms with Gasteiger partial charge in [0.15, 0.2) is 0 Å². The third-order valence-electron chi connectivity index (χ3n) is 2.79. The van der Waals surface area contributed by atoms with Crippen molar-refractivity contribution in [2.45, 2.75) is 58.8 Å². The second-order valence-corrected chi connectivity index (χ2v) is 6.13. The van der Waals surface area contributed by atoms with Crippen LogP contribution < -0.4 is 5.32 Å². The smallest absolute Gasteiger partial charge is 0.407 e. The van der Waals surface area contributed by atoms with Gasteiger partial charge in [0.05, 0.1) is 19.3 Å². The number of rotatable bonds is 7. The molecule has 0 aliphatic heterocycles. The highest BCUT2D eigenvalue weighted by Crippen LogP contribution is 2.08. The molecule has 1 atom stereocenters. The summed E-state index contributed by atoms with van der Waals surface area (Å²) in [6.45, 7) is 8.69. The van der Waals surface area contributed by atoms with Gasteiger partial charge in [-0.2, -0.15) is 0 Å². The molecule has 21 heavy (non-hydrogen) atoms. The van der Waals surface area contributed by atoms with Gasteiger partial charge in [0, 0.05) is 0 Å². The first-order chi connectivity index (χ1) is 9.90. The molecule has 0 saturated heterocycles. The van der Waals surface area contributed by atoms with Crippen LogP contribution in [-0.4, -0.2) is 24.3 Å². The molecule has 0 heterocycles. The van der Waals surface area contributed by atoms with Crippen LogP contribution in [0, 0.1) is 0 Å². The Morgan fingerprint density at radius 1 is 1.24 bits per heavy atom. The maximum atomic E-state index is 11.8. The van der Waals surface area contributed by atoms with Gasteiger partial charge in [0.2, 0.25) is 0 Å². The predicted molar refractivity (Wildman–Crippen MR) is 84.2 cm³/mol. The van der Waals surface area contributed by atoms with E-state index in [-0.39, 0.29) is 12.1 Å². The maximum absolute atomic E-state index is 11.8. The first kappa shape index (κ1) is 17.5. The molecule has 1 aromatic carbocycles. The van der Waals surface area contributed by atoms with Gasteiger partial charge in [-0.15, -0.1) is 0 Å². The van der Waals surface area contributed by atoms with Gasteiger partial charge in [0.25, 0.3) is 0 Å². The van der Waals surface area contributed by atoms with Crippen molar-refractivity contribution in [3.63, 3.8) is 0 Å². The number of carbonyl (C=O) groups is 1. The minimum atomic E-state index is -0.480. The van der Waals surface area contributed by atoms with E-state index in [9.17, 15) is 4.79 Å². The molecule has 1 amide bonds. The summed E-state index contributed by atoms with van der Waals surface area (Å²) >= 11 is 0. The summed E-state index contributed by atoms with van der Waals surface area (Å²) in [4.78, 5) is 11.8. The zero-order valence-electron chi connectivity index (χ0n) is 13.5. The molecule has 0 aromatic heterocycles. The fraction of sp³-hybridized carbons (Fsp3) is 0.588. The number of hydrogen-bond donors (Lipinski definition) is 1. The summed E-state index contributed by atoms with van der Waals surface area (Å²) in [6, 6.07) is 9.98. The van der Waals surface area contributed by atoms with Crippen molar-refractivity contribution in [1.29, 1.82) is 0 Å². The van der Waals surface area contributed by atoms with Crippen LogP contribution in [0.1, 0.15) is 46.1 Å². The number of carbonyl (C=O) groups excluding carboxylic acids is 1. The van der Waals surface area contributed by atoms with Crippen LogP contribution in [0.2, 0.25) is 0 Å². The van der Waals surface area contributed by atoms with Gasteiger partial charge in [-0.1, -0.05) is 43.7 Å². The largest absolute Gasteiger partial charge is 0.444 e. The predicted octanol–water partition coefficient (Wildman–Crippen LogP) is 3.90. The number of amides is 1. The van der Waals surface area contributed by atoms with Crippen molar-refractivity contribution in [2.24, 2.45) is 0 Å². The third kappa shape index (κ3) is 8.35. The van der Waals surface area contributed by atoms with Gasteiger partial charge in [0.1, 0.15) is 5.60 Å². The van der Waals surface area contributed by atoms with Crippen LogP contribution in [0.3, 0.4) is 0 Å². The SMILES string of the molecule is CCC[C@@H](COCc1ccccc1)NC(=O)OC(C)(C)C. The zero-order chi connectivity index (χ0) is 15.7. The van der Waals surface area contributed by atoms with Gasteiger partial charge in [-0.05, 0) is 32.8 Å². The van der Waals surface area contributed by atoms with E-state index < -0.39 is 5.60 Å². The highest BCUT2D eigenvalue weighted by atomic mass is 16.6. The highest BCUT2D eigenvalue weighted by Gasteiger charge is 2.19. The highest BCUT2D eigenvalue weighted by molar-refractivity contribution is 5.68. The summed E-state index contributed by atoms with van der Waals surface area (Å²) in [5, 5.41) is 2.87. The molecule has 1 N–H and O–H groups in total. The third-order valence-corrected chi connectivity index (χ3v) is 2.79. The summed E-state index contributed by atoms with van der Waals surface area (Å²) < 4.78 is 11.0. The molecular formula is C17H27NO3. The first-order valence-corrected chi connectivity index (χ1v) is 7.52. The van der Waals surface area contributed by atoms with Crippen LogP contribution in [0.5, 0.6) is 0 Å². The molecule has 1 aromatic rings. The quantitative estimate of drug-likeness (QED) is 0.829. The number of hydrogen-bond acceptors (Lipinski definition) is 3. The van der Waals surface area contributed by atoms with Crippen molar-refractivity contribution in [1.82, 2.24) is 5.32 Å². The van der Waals surface area contributed by atoms with Gasteiger partial charge in [-0.25, -0.2) is 4.79 Å². The van der Waals surface area contributed by atoms with E-state index in [1.54, 1.807) is 0 Å². The molecule has 4 heteroatoms. The van der Waals surface area contributed by atoms with Crippen molar-refractivity contribution in [3.05, 3.63) is 35.9 Å². The van der Waals surface area contributed by atoms with Gasteiger partial charge in [-0.3, -0.25) is 0 Å². The van der Waals surface area contributed by atoms with E-state index in [0.29, 0.717) is 13.2 Å². The van der Waals surface area contributed by atoms with Crippen LogP contribution in [0.15, 0.2) is 30.3 Å². The molecule has 0 spiro atoms. The molecule has 118 valence electrons. The van der Waals surface area contributed by atoms with Gasteiger partial charge < -0.3 is 14.8 Å². The Morgan fingerprint density at radius 3 is 2.48 bits per heavy atom. The second kappa shape index (κ2) is 8.67. The Balaban J connectivity index is 2.37. The summed E-state index contributed by atoms with van der Waals surface area (Å²) in [7, 11) is 0. The molecule has 0 bridgehead atoms. The van der Waals surface area contributed by atoms with Crippen LogP contribution in [0.25, 0.3) is 0 Å². The topological polar surface area (TPSA) is 47.6 Å². The monoisotopic (exact) mass is 293 g/mol. The average molecular weight is 293 g/mol. The lowest BCUT2D eigenvalue weighted by Gasteiger charge is -2.23. The Morgan fingerprint density at radius 2 is 1.90 bits per heavy atom. The van der Waals surface area contributed by atoms with E-state index in [0.717, 1.165) is 18.4 Å². The van der Waals surface area contributed by atoms with Crippen molar-refractivity contribution in [3.8, 4) is 0 Å². The molecule has 4 nitrogen and oxygen atoms in total. The van der Waals surface area contributed by atoms with E-state index >= 15 is 0 Å². The lowest BCUT2D eigenvalue weighted by Crippen LogP contribution is -2.41. The molecule has 0 unspecified atom stereocenters. The van der Waals surface area contributed by atoms with Crippen molar-refractivity contribution in [2.75, 3.05) is 6.61 Å². The molecule has 0 aliphatic rings. The summed E-state index contributed by atoms with van der Waals surface area (Å²) in [6.07, 6.45) is 1.47. The summed E-state index contributed by atoms with van der Waals surface area (Å²) in [5.41, 5.74) is 0.649. The maximum Gasteiger partial charge on any atom is 0.407 e. The van der Waals surface area contributed by atoms with Crippen LogP contribution >= 0.6 is 0 Å². The summed E-state index contributed by atoms with van der Waals surface area (Å²) in [5.74, 6) is 0. The lowest BCUT2D eigenvalue weighted by molar-refractivity contribution is 0.0422. The molecule has 0 saturated carbocycles. The zero-order valence-corrected chi connectivity index (χ0v) is 13.5. The van der Waals surface area contributed by atoms with Crippen molar-refractivity contribution < 1.29 is 14.3 Å². The Labute approximate surface area is 127 Å². The molecule has 1 rings (SSSR count). The second-order valence-electron chi connectivity index (χ2n) is 6.13. The van der Waals surface area contributed by atoms with Crippen LogP contribution in [0.4, 0.5) is 4.79 Å². The standard InChI is InChI=1S/C17H27NO3/c1-5-9-15(18-16(19)21-17(2,3)4)13-20-12-14-10-7-6-8-11-14/h6-8,10-11,15H,5,9,12-13H2,1-4H3,(H,18,19)/t15-/m0/s1. The Bertz CT molecular complexity index is 412. The minimum Gasteiger partial charge on any atom is -0.444 e. The normalized spacial score (nSPS) is 12.8. The number of benzene rings is 1. The van der Waals surface area contributed by atoms with E-state index in [1.165, 1.54) is 0 Å². The molecule has 0 fully saturated rings. The van der Waals surface area contributed by atoms with Gasteiger partial charge >= 0.3 is 6.09 Å². The minimum absolute atomic E-state index is 0.0198. The molecule has 0 aliphatic carbocycles. The number of ether oxygens (including phenoxy) is 2. The van der Waals surface area contributed by atoms with E-state index in [1.807, 2.05) is 51.1 Å². The van der Waals surface area contributed by atoms with E-state index in [4.69, 9.17) is 9.47 Å². The Kier molecular flexibility index (Phi) is 7.23. The number of alkyl carbamates (subject to hydrolysis) is 1. The average Bonchev–Trinajstić information content (AvgIpc) is 2.38.